The van der Waals surface area contributed by atoms with Crippen molar-refractivity contribution >= 4 is 27.4 Å². The Bertz CT molecular complexity index is 894. The van der Waals surface area contributed by atoms with Gasteiger partial charge in [-0.1, -0.05) is 6.07 Å². The number of hydrogen-bond acceptors (Lipinski definition) is 5. The number of ether oxygens (including phenoxy) is 1. The lowest BCUT2D eigenvalue weighted by Crippen LogP contribution is -2.17. The maximum Gasteiger partial charge on any atom is 0.338 e. The van der Waals surface area contributed by atoms with E-state index >= 15 is 0 Å². The summed E-state index contributed by atoms with van der Waals surface area (Å²) in [6, 6.07) is 10.6. The summed E-state index contributed by atoms with van der Waals surface area (Å²) < 4.78 is 42.1. The summed E-state index contributed by atoms with van der Waals surface area (Å²) in [5, 5.41) is 2.54. The zero-order valence-corrected chi connectivity index (χ0v) is 14.9. The molecule has 2 rings (SSSR count). The van der Waals surface area contributed by atoms with Gasteiger partial charge in [0.25, 0.3) is 0 Å². The number of sulfone groups is 1. The summed E-state index contributed by atoms with van der Waals surface area (Å²) >= 11 is 0. The van der Waals surface area contributed by atoms with E-state index in [1.54, 1.807) is 25.1 Å². The van der Waals surface area contributed by atoms with Crippen LogP contribution in [0.4, 0.5) is 10.1 Å². The van der Waals surface area contributed by atoms with Gasteiger partial charge in [-0.25, -0.2) is 17.6 Å². The molecule has 0 saturated heterocycles. The van der Waals surface area contributed by atoms with Crippen molar-refractivity contribution in [3.05, 3.63) is 59.9 Å². The fourth-order valence-corrected chi connectivity index (χ4v) is 3.39. The monoisotopic (exact) mass is 379 g/mol. The molecule has 0 spiro atoms. The molecule has 0 heterocycles. The van der Waals surface area contributed by atoms with Crippen LogP contribution < -0.4 is 5.32 Å². The molecular weight excluding hydrogens is 361 g/mol. The number of rotatable bonds is 7. The third-order valence-electron chi connectivity index (χ3n) is 3.43. The fraction of sp³-hybridized carbons (Fsp3) is 0.222. The molecule has 0 radical (unpaired) electrons. The molecule has 0 aromatic heterocycles. The third kappa shape index (κ3) is 5.38. The molecule has 0 bridgehead atoms. The Morgan fingerprint density at radius 2 is 1.81 bits per heavy atom. The molecule has 138 valence electrons. The van der Waals surface area contributed by atoms with Crippen molar-refractivity contribution < 1.29 is 27.1 Å². The topological polar surface area (TPSA) is 89.5 Å². The first-order valence-corrected chi connectivity index (χ1v) is 9.52. The zero-order valence-electron chi connectivity index (χ0n) is 14.1. The standard InChI is InChI=1S/C18H18FNO5S/c1-2-25-18(22)13-4-3-5-15(12-13)20-17(21)10-11-26(23,24)16-8-6-14(19)7-9-16/h3-9,12H,2,10-11H2,1H3,(H,20,21). The van der Waals surface area contributed by atoms with E-state index < -0.39 is 33.3 Å². The van der Waals surface area contributed by atoms with Crippen LogP contribution in [0.5, 0.6) is 0 Å². The summed E-state index contributed by atoms with van der Waals surface area (Å²) in [5.74, 6) is -1.98. The van der Waals surface area contributed by atoms with Gasteiger partial charge in [0.1, 0.15) is 5.82 Å². The Labute approximate surface area is 150 Å². The van der Waals surface area contributed by atoms with Gasteiger partial charge in [-0.15, -0.1) is 0 Å². The van der Waals surface area contributed by atoms with Crippen LogP contribution in [0.15, 0.2) is 53.4 Å². The summed E-state index contributed by atoms with van der Waals surface area (Å²) in [7, 11) is -3.69. The smallest absolute Gasteiger partial charge is 0.338 e. The number of amides is 1. The third-order valence-corrected chi connectivity index (χ3v) is 5.16. The van der Waals surface area contributed by atoms with Crippen LogP contribution in [0, 0.1) is 5.82 Å². The molecule has 0 aliphatic rings. The van der Waals surface area contributed by atoms with Crippen LogP contribution in [0.1, 0.15) is 23.7 Å². The van der Waals surface area contributed by atoms with E-state index in [1.165, 1.54) is 6.07 Å². The van der Waals surface area contributed by atoms with Gasteiger partial charge in [0.05, 0.1) is 22.8 Å². The van der Waals surface area contributed by atoms with Crippen molar-refractivity contribution in [3.63, 3.8) is 0 Å². The summed E-state index contributed by atoms with van der Waals surface area (Å²) in [6.45, 7) is 1.92. The van der Waals surface area contributed by atoms with Crippen LogP contribution in [-0.2, 0) is 19.4 Å². The highest BCUT2D eigenvalue weighted by molar-refractivity contribution is 7.91. The van der Waals surface area contributed by atoms with Crippen molar-refractivity contribution in [2.24, 2.45) is 0 Å². The quantitative estimate of drug-likeness (QED) is 0.590. The van der Waals surface area contributed by atoms with Crippen molar-refractivity contribution in [1.29, 1.82) is 0 Å². The number of hydrogen-bond donors (Lipinski definition) is 1. The number of nitrogens with one attached hydrogen (secondary N) is 1. The minimum atomic E-state index is -3.69. The Morgan fingerprint density at radius 1 is 1.12 bits per heavy atom. The van der Waals surface area contributed by atoms with Gasteiger partial charge in [0.2, 0.25) is 5.91 Å². The number of esters is 1. The van der Waals surface area contributed by atoms with Crippen molar-refractivity contribution in [2.75, 3.05) is 17.7 Å². The summed E-state index contributed by atoms with van der Waals surface area (Å²) in [5.41, 5.74) is 0.642. The second-order valence-electron chi connectivity index (χ2n) is 5.37. The fourth-order valence-electron chi connectivity index (χ4n) is 2.15. The van der Waals surface area contributed by atoms with Crippen molar-refractivity contribution in [3.8, 4) is 0 Å². The average molecular weight is 379 g/mol. The first-order valence-electron chi connectivity index (χ1n) is 7.87. The van der Waals surface area contributed by atoms with Gasteiger partial charge in [-0.2, -0.15) is 0 Å². The predicted octanol–water partition coefficient (Wildman–Crippen LogP) is 2.80. The molecule has 6 nitrogen and oxygen atoms in total. The van der Waals surface area contributed by atoms with E-state index in [9.17, 15) is 22.4 Å². The van der Waals surface area contributed by atoms with Gasteiger partial charge in [-0.3, -0.25) is 4.79 Å². The van der Waals surface area contributed by atoms with Crippen molar-refractivity contribution in [2.45, 2.75) is 18.2 Å². The van der Waals surface area contributed by atoms with Gasteiger partial charge < -0.3 is 10.1 Å². The first kappa shape index (κ1) is 19.6. The lowest BCUT2D eigenvalue weighted by molar-refractivity contribution is -0.115. The number of benzene rings is 2. The molecule has 2 aromatic carbocycles. The molecule has 0 atom stereocenters. The Hall–Kier alpha value is -2.74. The number of anilines is 1. The van der Waals surface area contributed by atoms with Gasteiger partial charge in [-0.05, 0) is 49.4 Å². The molecule has 1 N–H and O–H groups in total. The van der Waals surface area contributed by atoms with E-state index in [0.29, 0.717) is 5.69 Å². The molecule has 0 aliphatic heterocycles. The maximum atomic E-state index is 12.9. The molecule has 0 aliphatic carbocycles. The molecule has 0 saturated carbocycles. The Kier molecular flexibility index (Phi) is 6.46. The van der Waals surface area contributed by atoms with Crippen LogP contribution in [0.25, 0.3) is 0 Å². The summed E-state index contributed by atoms with van der Waals surface area (Å²) in [6.07, 6.45) is -0.274. The normalized spacial score (nSPS) is 11.0. The van der Waals surface area contributed by atoms with E-state index in [2.05, 4.69) is 5.32 Å². The number of halogens is 1. The van der Waals surface area contributed by atoms with Gasteiger partial charge >= 0.3 is 5.97 Å². The van der Waals surface area contributed by atoms with Crippen LogP contribution >= 0.6 is 0 Å². The van der Waals surface area contributed by atoms with E-state index in [1.807, 2.05) is 0 Å². The van der Waals surface area contributed by atoms with E-state index in [-0.39, 0.29) is 23.5 Å². The highest BCUT2D eigenvalue weighted by Crippen LogP contribution is 2.15. The van der Waals surface area contributed by atoms with Gasteiger partial charge in [0.15, 0.2) is 9.84 Å². The molecule has 8 heteroatoms. The molecule has 2 aromatic rings. The summed E-state index contributed by atoms with van der Waals surface area (Å²) in [4.78, 5) is 23.6. The lowest BCUT2D eigenvalue weighted by Gasteiger charge is -2.08. The molecule has 0 unspecified atom stereocenters. The maximum absolute atomic E-state index is 12.9. The second-order valence-corrected chi connectivity index (χ2v) is 7.48. The molecular formula is C18H18FNO5S. The van der Waals surface area contributed by atoms with Gasteiger partial charge in [0, 0.05) is 12.1 Å². The largest absolute Gasteiger partial charge is 0.462 e. The Balaban J connectivity index is 1.97. The number of carbonyl (C=O) groups is 2. The van der Waals surface area contributed by atoms with Crippen LogP contribution in [0.2, 0.25) is 0 Å². The zero-order chi connectivity index (χ0) is 19.2. The molecule has 1 amide bonds. The SMILES string of the molecule is CCOC(=O)c1cccc(NC(=O)CCS(=O)(=O)c2ccc(F)cc2)c1. The van der Waals surface area contributed by atoms with E-state index in [0.717, 1.165) is 24.3 Å². The average Bonchev–Trinajstić information content (AvgIpc) is 2.61. The predicted molar refractivity (Wildman–Crippen MR) is 94.1 cm³/mol. The van der Waals surface area contributed by atoms with Crippen LogP contribution in [0.3, 0.4) is 0 Å². The highest BCUT2D eigenvalue weighted by atomic mass is 32.2. The second kappa shape index (κ2) is 8.57. The van der Waals surface area contributed by atoms with E-state index in [4.69, 9.17) is 4.74 Å². The Morgan fingerprint density at radius 3 is 2.46 bits per heavy atom. The highest BCUT2D eigenvalue weighted by Gasteiger charge is 2.17. The minimum Gasteiger partial charge on any atom is -0.462 e. The number of carbonyl (C=O) groups excluding carboxylic acids is 2. The lowest BCUT2D eigenvalue weighted by atomic mass is 10.2. The molecule has 0 fully saturated rings. The van der Waals surface area contributed by atoms with Crippen molar-refractivity contribution in [1.82, 2.24) is 0 Å². The molecule has 26 heavy (non-hydrogen) atoms. The first-order chi connectivity index (χ1) is 12.3. The minimum absolute atomic E-state index is 0.0454. The van der Waals surface area contributed by atoms with Crippen LogP contribution in [-0.4, -0.2) is 32.7 Å².